The van der Waals surface area contributed by atoms with Gasteiger partial charge in [0.05, 0.1) is 0 Å². The Kier molecular flexibility index (Phi) is 5.63. The van der Waals surface area contributed by atoms with Gasteiger partial charge in [0.2, 0.25) is 5.91 Å². The molecule has 0 bridgehead atoms. The van der Waals surface area contributed by atoms with Crippen LogP contribution in [0.25, 0.3) is 10.8 Å². The van der Waals surface area contributed by atoms with Gasteiger partial charge in [0.25, 0.3) is 5.91 Å². The number of para-hydroxylation sites is 1. The minimum atomic E-state index is -0.627. The van der Waals surface area contributed by atoms with Crippen LogP contribution >= 0.6 is 0 Å². The van der Waals surface area contributed by atoms with Crippen molar-refractivity contribution in [2.24, 2.45) is 10.2 Å². The van der Waals surface area contributed by atoms with Crippen molar-refractivity contribution >= 4 is 39.6 Å². The van der Waals surface area contributed by atoms with E-state index in [1.165, 1.54) is 11.8 Å². The third-order valence-corrected chi connectivity index (χ3v) is 4.92. The molecule has 2 N–H and O–H groups in total. The molecule has 0 heterocycles. The first-order valence-electron chi connectivity index (χ1n) is 9.82. The van der Waals surface area contributed by atoms with Crippen LogP contribution in [0, 0.1) is 0 Å². The number of benzene rings is 4. The van der Waals surface area contributed by atoms with E-state index >= 15 is 0 Å². The lowest BCUT2D eigenvalue weighted by Gasteiger charge is -2.25. The number of anilines is 2. The lowest BCUT2D eigenvalue weighted by molar-refractivity contribution is -0.115. The zero-order chi connectivity index (χ0) is 22.7. The van der Waals surface area contributed by atoms with E-state index in [1.807, 2.05) is 0 Å². The van der Waals surface area contributed by atoms with E-state index < -0.39 is 11.8 Å². The van der Waals surface area contributed by atoms with Crippen molar-refractivity contribution in [1.29, 1.82) is 0 Å². The average molecular weight is 425 g/mol. The summed E-state index contributed by atoms with van der Waals surface area (Å²) in [4.78, 5) is 26.4. The van der Waals surface area contributed by atoms with Crippen LogP contribution in [-0.4, -0.2) is 22.0 Å². The van der Waals surface area contributed by atoms with Gasteiger partial charge in [-0.2, -0.15) is 0 Å². The minimum absolute atomic E-state index is 0.0653. The second kappa shape index (κ2) is 8.69. The summed E-state index contributed by atoms with van der Waals surface area (Å²) < 4.78 is 0. The number of carbonyl (C=O) groups is 2. The molecular formula is C25H19N3O4. The van der Waals surface area contributed by atoms with E-state index in [2.05, 4.69) is 10.2 Å². The van der Waals surface area contributed by atoms with E-state index in [1.54, 1.807) is 84.9 Å². The zero-order valence-corrected chi connectivity index (χ0v) is 17.1. The predicted octanol–water partition coefficient (Wildman–Crippen LogP) is 5.86. The van der Waals surface area contributed by atoms with Gasteiger partial charge in [-0.15, -0.1) is 10.2 Å². The fourth-order valence-electron chi connectivity index (χ4n) is 3.46. The molecule has 0 aliphatic carbocycles. The maximum atomic E-state index is 12.7. The van der Waals surface area contributed by atoms with Gasteiger partial charge in [0, 0.05) is 28.9 Å². The van der Waals surface area contributed by atoms with Gasteiger partial charge in [0.1, 0.15) is 11.4 Å². The molecule has 0 aliphatic rings. The SMILES string of the molecule is CC(=O)N(c1ccccc1)c1c(N=NC(=O)c2ccccc2)c(O)c2ccccc2c1O. The molecule has 0 unspecified atom stereocenters. The second-order valence-electron chi connectivity index (χ2n) is 7.00. The Morgan fingerprint density at radius 2 is 1.28 bits per heavy atom. The molecule has 7 heteroatoms. The number of nitrogens with zero attached hydrogens (tertiary/aromatic N) is 3. The molecule has 0 aliphatic heterocycles. The van der Waals surface area contributed by atoms with E-state index in [4.69, 9.17) is 0 Å². The van der Waals surface area contributed by atoms with Gasteiger partial charge >= 0.3 is 0 Å². The van der Waals surface area contributed by atoms with Crippen LogP contribution in [0.3, 0.4) is 0 Å². The molecule has 0 atom stereocenters. The van der Waals surface area contributed by atoms with Gasteiger partial charge in [-0.05, 0) is 24.3 Å². The molecule has 0 aromatic heterocycles. The molecule has 0 radical (unpaired) electrons. The van der Waals surface area contributed by atoms with Crippen LogP contribution in [0.1, 0.15) is 17.3 Å². The number of rotatable bonds is 4. The molecule has 0 saturated heterocycles. The first-order valence-corrected chi connectivity index (χ1v) is 9.82. The molecule has 158 valence electrons. The highest BCUT2D eigenvalue weighted by atomic mass is 16.3. The highest BCUT2D eigenvalue weighted by molar-refractivity contribution is 6.11. The first-order chi connectivity index (χ1) is 15.5. The van der Waals surface area contributed by atoms with Crippen LogP contribution < -0.4 is 4.90 Å². The van der Waals surface area contributed by atoms with E-state index in [0.29, 0.717) is 22.0 Å². The van der Waals surface area contributed by atoms with Crippen molar-refractivity contribution in [2.75, 3.05) is 4.90 Å². The Bertz CT molecular complexity index is 1340. The molecule has 7 nitrogen and oxygen atoms in total. The smallest absolute Gasteiger partial charge is 0.295 e. The highest BCUT2D eigenvalue weighted by Gasteiger charge is 2.27. The highest BCUT2D eigenvalue weighted by Crippen LogP contribution is 2.52. The van der Waals surface area contributed by atoms with Crippen LogP contribution in [0.4, 0.5) is 17.1 Å². The quantitative estimate of drug-likeness (QED) is 0.316. The van der Waals surface area contributed by atoms with Crippen molar-refractivity contribution in [3.05, 3.63) is 90.5 Å². The molecule has 0 spiro atoms. The van der Waals surface area contributed by atoms with Gasteiger partial charge in [-0.1, -0.05) is 60.7 Å². The normalized spacial score (nSPS) is 11.0. The summed E-state index contributed by atoms with van der Waals surface area (Å²) in [6, 6.07) is 23.6. The average Bonchev–Trinajstić information content (AvgIpc) is 2.83. The van der Waals surface area contributed by atoms with E-state index in [-0.39, 0.29) is 22.9 Å². The fourth-order valence-corrected chi connectivity index (χ4v) is 3.46. The third kappa shape index (κ3) is 3.79. The monoisotopic (exact) mass is 425 g/mol. The standard InChI is InChI=1S/C25H19N3O4/c1-16(29)28(18-12-6-3-7-13-18)22-21(26-27-25(32)17-10-4-2-5-11-17)23(30)19-14-8-9-15-20(19)24(22)31/h2-15,30-31H,1H3. The lowest BCUT2D eigenvalue weighted by Crippen LogP contribution is -2.23. The number of amides is 2. The van der Waals surface area contributed by atoms with Crippen molar-refractivity contribution < 1.29 is 19.8 Å². The number of phenols is 2. The molecule has 2 amide bonds. The van der Waals surface area contributed by atoms with Gasteiger partial charge in [-0.3, -0.25) is 14.5 Å². The molecule has 4 aromatic carbocycles. The van der Waals surface area contributed by atoms with Crippen molar-refractivity contribution in [1.82, 2.24) is 0 Å². The summed E-state index contributed by atoms with van der Waals surface area (Å²) in [5, 5.41) is 30.5. The van der Waals surface area contributed by atoms with Crippen molar-refractivity contribution in [3.63, 3.8) is 0 Å². The van der Waals surface area contributed by atoms with Crippen molar-refractivity contribution in [3.8, 4) is 11.5 Å². The number of hydrogen-bond acceptors (Lipinski definition) is 5. The number of carbonyl (C=O) groups excluding carboxylic acids is 2. The maximum Gasteiger partial charge on any atom is 0.295 e. The topological polar surface area (TPSA) is 103 Å². The summed E-state index contributed by atoms with van der Waals surface area (Å²) in [6.45, 7) is 1.33. The van der Waals surface area contributed by atoms with Gasteiger partial charge < -0.3 is 10.2 Å². The van der Waals surface area contributed by atoms with Crippen molar-refractivity contribution in [2.45, 2.75) is 6.92 Å². The van der Waals surface area contributed by atoms with Crippen LogP contribution in [0.15, 0.2) is 95.2 Å². The lowest BCUT2D eigenvalue weighted by atomic mass is 10.0. The second-order valence-corrected chi connectivity index (χ2v) is 7.00. The number of aromatic hydroxyl groups is 2. The number of phenolic OH excluding ortho intramolecular Hbond substituents is 2. The predicted molar refractivity (Wildman–Crippen MR) is 122 cm³/mol. The minimum Gasteiger partial charge on any atom is -0.505 e. The summed E-state index contributed by atoms with van der Waals surface area (Å²) in [6.07, 6.45) is 0. The number of azo groups is 1. The first kappa shape index (κ1) is 20.7. The van der Waals surface area contributed by atoms with Gasteiger partial charge in [0.15, 0.2) is 11.4 Å². The van der Waals surface area contributed by atoms with Crippen LogP contribution in [-0.2, 0) is 4.79 Å². The van der Waals surface area contributed by atoms with Crippen LogP contribution in [0.2, 0.25) is 0 Å². The Balaban J connectivity index is 1.97. The molecular weight excluding hydrogens is 406 g/mol. The van der Waals surface area contributed by atoms with Gasteiger partial charge in [-0.25, -0.2) is 0 Å². The van der Waals surface area contributed by atoms with E-state index in [9.17, 15) is 19.8 Å². The summed E-state index contributed by atoms with van der Waals surface area (Å²) in [7, 11) is 0. The summed E-state index contributed by atoms with van der Waals surface area (Å²) in [5.41, 5.74) is 0.513. The largest absolute Gasteiger partial charge is 0.505 e. The Hall–Kier alpha value is -4.52. The zero-order valence-electron chi connectivity index (χ0n) is 17.1. The molecule has 4 aromatic rings. The van der Waals surface area contributed by atoms with E-state index in [0.717, 1.165) is 0 Å². The maximum absolute atomic E-state index is 12.7. The third-order valence-electron chi connectivity index (χ3n) is 4.92. The summed E-state index contributed by atoms with van der Waals surface area (Å²) >= 11 is 0. The molecule has 0 fully saturated rings. The Morgan fingerprint density at radius 3 is 1.88 bits per heavy atom. The molecule has 4 rings (SSSR count). The number of fused-ring (bicyclic) bond motifs is 1. The fraction of sp³-hybridized carbons (Fsp3) is 0.0400. The van der Waals surface area contributed by atoms with Crippen LogP contribution in [0.5, 0.6) is 11.5 Å². The number of hydrogen-bond donors (Lipinski definition) is 2. The molecule has 0 saturated carbocycles. The Morgan fingerprint density at radius 1 is 0.750 bits per heavy atom. The Labute approximate surface area is 183 Å². The summed E-state index contributed by atoms with van der Waals surface area (Å²) in [5.74, 6) is -1.62. The molecule has 32 heavy (non-hydrogen) atoms.